The molecular formula is C27H29NO4S. The van der Waals surface area contributed by atoms with E-state index in [4.69, 9.17) is 4.74 Å². The predicted octanol–water partition coefficient (Wildman–Crippen LogP) is 4.53. The van der Waals surface area contributed by atoms with E-state index in [0.717, 1.165) is 16.9 Å². The molecule has 0 spiro atoms. The normalized spacial score (nSPS) is 17.8. The highest BCUT2D eigenvalue weighted by Gasteiger charge is 2.28. The number of aliphatic hydroxyl groups excluding tert-OH is 1. The third-order valence-electron chi connectivity index (χ3n) is 5.52. The van der Waals surface area contributed by atoms with Crippen molar-refractivity contribution in [2.24, 2.45) is 5.92 Å². The lowest BCUT2D eigenvalue weighted by atomic mass is 9.99. The van der Waals surface area contributed by atoms with Gasteiger partial charge in [-0.05, 0) is 42.7 Å². The molecule has 0 saturated carbocycles. The van der Waals surface area contributed by atoms with E-state index >= 15 is 0 Å². The van der Waals surface area contributed by atoms with Gasteiger partial charge in [0.25, 0.3) is 0 Å². The predicted molar refractivity (Wildman–Crippen MR) is 132 cm³/mol. The lowest BCUT2D eigenvalue weighted by Gasteiger charge is -2.21. The third-order valence-corrected chi connectivity index (χ3v) is 6.55. The van der Waals surface area contributed by atoms with E-state index in [-0.39, 0.29) is 23.8 Å². The fourth-order valence-corrected chi connectivity index (χ4v) is 4.37. The van der Waals surface area contributed by atoms with Crippen molar-refractivity contribution in [3.63, 3.8) is 0 Å². The summed E-state index contributed by atoms with van der Waals surface area (Å²) in [4.78, 5) is 27.2. The van der Waals surface area contributed by atoms with Gasteiger partial charge in [0.1, 0.15) is 4.88 Å². The quantitative estimate of drug-likeness (QED) is 0.355. The fourth-order valence-electron chi connectivity index (χ4n) is 3.52. The number of methoxy groups -OCH3 is 1. The molecule has 1 saturated heterocycles. The number of aliphatic hydroxyl groups is 1. The van der Waals surface area contributed by atoms with Gasteiger partial charge in [-0.25, -0.2) is 4.79 Å². The summed E-state index contributed by atoms with van der Waals surface area (Å²) in [5.74, 6) is 6.00. The lowest BCUT2D eigenvalue weighted by Crippen LogP contribution is -2.32. The van der Waals surface area contributed by atoms with Crippen LogP contribution in [-0.2, 0) is 9.53 Å². The van der Waals surface area contributed by atoms with Gasteiger partial charge in [-0.3, -0.25) is 4.79 Å². The van der Waals surface area contributed by atoms with Crippen molar-refractivity contribution in [3.05, 3.63) is 76.0 Å². The Morgan fingerprint density at radius 2 is 2.09 bits per heavy atom. The van der Waals surface area contributed by atoms with Crippen molar-refractivity contribution in [2.45, 2.75) is 38.3 Å². The zero-order valence-corrected chi connectivity index (χ0v) is 19.8. The molecule has 1 amide bonds. The van der Waals surface area contributed by atoms with Crippen molar-refractivity contribution in [1.29, 1.82) is 0 Å². The highest BCUT2D eigenvalue weighted by atomic mass is 32.1. The summed E-state index contributed by atoms with van der Waals surface area (Å²) in [5, 5.41) is 10.5. The third kappa shape index (κ3) is 7.18. The maximum absolute atomic E-state index is 12.3. The number of hydrogen-bond acceptors (Lipinski definition) is 5. The molecule has 1 aliphatic heterocycles. The summed E-state index contributed by atoms with van der Waals surface area (Å²) in [6.45, 7) is 2.45. The molecule has 6 heteroatoms. The number of amides is 1. The molecule has 3 rings (SSSR count). The lowest BCUT2D eigenvalue weighted by molar-refractivity contribution is -0.127. The molecule has 33 heavy (non-hydrogen) atoms. The molecule has 5 nitrogen and oxygen atoms in total. The molecule has 172 valence electrons. The van der Waals surface area contributed by atoms with Gasteiger partial charge in [0.15, 0.2) is 0 Å². The number of likely N-dealkylation sites (tertiary alicyclic amines) is 1. The van der Waals surface area contributed by atoms with Crippen LogP contribution in [0.4, 0.5) is 0 Å². The van der Waals surface area contributed by atoms with Crippen LogP contribution in [0.3, 0.4) is 0 Å². The Labute approximate surface area is 199 Å². The number of hydrogen-bond donors (Lipinski definition) is 1. The van der Waals surface area contributed by atoms with Crippen LogP contribution < -0.4 is 0 Å². The summed E-state index contributed by atoms with van der Waals surface area (Å²) in [6.07, 6.45) is 8.77. The number of carbonyl (C=O) groups excluding carboxylic acids is 2. The number of benzene rings is 1. The van der Waals surface area contributed by atoms with Gasteiger partial charge in [0.05, 0.1) is 19.3 Å². The number of rotatable bonds is 8. The fraction of sp³-hybridized carbons (Fsp3) is 0.333. The maximum atomic E-state index is 12.3. The second kappa shape index (κ2) is 12.2. The van der Waals surface area contributed by atoms with E-state index in [1.807, 2.05) is 66.4 Å². The molecule has 1 aromatic carbocycles. The van der Waals surface area contributed by atoms with Crippen LogP contribution in [0, 0.1) is 17.8 Å². The van der Waals surface area contributed by atoms with Crippen LogP contribution in [0.5, 0.6) is 0 Å². The van der Waals surface area contributed by atoms with E-state index in [2.05, 4.69) is 11.8 Å². The first kappa shape index (κ1) is 24.5. The molecule has 1 aromatic heterocycles. The van der Waals surface area contributed by atoms with Gasteiger partial charge in [-0.1, -0.05) is 55.2 Å². The van der Waals surface area contributed by atoms with Crippen LogP contribution in [0.1, 0.15) is 46.3 Å². The minimum atomic E-state index is -0.619. The smallest absolute Gasteiger partial charge is 0.348 e. The average molecular weight is 464 g/mol. The minimum absolute atomic E-state index is 0.00857. The molecule has 2 heterocycles. The van der Waals surface area contributed by atoms with Gasteiger partial charge >= 0.3 is 5.97 Å². The topological polar surface area (TPSA) is 66.8 Å². The zero-order chi connectivity index (χ0) is 23.6. The SMILES string of the molecule is COC(=O)c1ccc(C=CCN2C(=O)CC[C@@H]2/C=C/[C@@H](O)[C@@H](C)CC#Cc2ccccc2)s1. The standard InChI is InChI=1S/C27H29NO4S/c1-20(8-6-11-21-9-4-3-5-10-21)24(29)16-13-22-14-18-26(30)28(22)19-7-12-23-15-17-25(33-23)27(31)32-2/h3-5,7,9-10,12-13,15-17,20,22,24,29H,8,14,18-19H2,1-2H3/b12-7?,16-13+/t20-,22-,24+/m0/s1. The van der Waals surface area contributed by atoms with Crippen LogP contribution in [0.2, 0.25) is 0 Å². The number of nitrogens with zero attached hydrogens (tertiary/aromatic N) is 1. The first-order valence-electron chi connectivity index (χ1n) is 11.0. The molecule has 2 aromatic rings. The molecule has 0 bridgehead atoms. The molecule has 1 aliphatic rings. The number of carbonyl (C=O) groups is 2. The van der Waals surface area contributed by atoms with E-state index in [1.165, 1.54) is 18.4 Å². The van der Waals surface area contributed by atoms with Gasteiger partial charge in [-0.2, -0.15) is 0 Å². The Bertz CT molecular complexity index is 1060. The van der Waals surface area contributed by atoms with Crippen LogP contribution >= 0.6 is 11.3 Å². The van der Waals surface area contributed by atoms with Crippen LogP contribution in [0.15, 0.2) is 60.7 Å². The Morgan fingerprint density at radius 1 is 1.30 bits per heavy atom. The summed E-state index contributed by atoms with van der Waals surface area (Å²) < 4.78 is 4.73. The first-order valence-corrected chi connectivity index (χ1v) is 11.8. The molecule has 1 fully saturated rings. The molecule has 3 atom stereocenters. The van der Waals surface area contributed by atoms with Crippen LogP contribution in [-0.4, -0.2) is 47.7 Å². The van der Waals surface area contributed by atoms with Gasteiger partial charge in [0.2, 0.25) is 5.91 Å². The number of esters is 1. The van der Waals surface area contributed by atoms with Gasteiger partial charge in [-0.15, -0.1) is 11.3 Å². The van der Waals surface area contributed by atoms with Gasteiger partial charge < -0.3 is 14.7 Å². The molecule has 0 aliphatic carbocycles. The maximum Gasteiger partial charge on any atom is 0.348 e. The Hall–Kier alpha value is -3.14. The summed E-state index contributed by atoms with van der Waals surface area (Å²) in [6, 6.07) is 13.3. The Balaban J connectivity index is 1.52. The van der Waals surface area contributed by atoms with Crippen molar-refractivity contribution in [2.75, 3.05) is 13.7 Å². The van der Waals surface area contributed by atoms with E-state index in [9.17, 15) is 14.7 Å². The second-order valence-electron chi connectivity index (χ2n) is 7.97. The second-order valence-corrected chi connectivity index (χ2v) is 9.09. The van der Waals surface area contributed by atoms with Crippen molar-refractivity contribution in [3.8, 4) is 11.8 Å². The summed E-state index contributed by atoms with van der Waals surface area (Å²) >= 11 is 1.35. The Morgan fingerprint density at radius 3 is 2.85 bits per heavy atom. The van der Waals surface area contributed by atoms with E-state index < -0.39 is 6.10 Å². The highest BCUT2D eigenvalue weighted by Crippen LogP contribution is 2.22. The summed E-state index contributed by atoms with van der Waals surface area (Å²) in [7, 11) is 1.36. The van der Waals surface area contributed by atoms with E-state index in [0.29, 0.717) is 24.3 Å². The monoisotopic (exact) mass is 463 g/mol. The van der Waals surface area contributed by atoms with Crippen molar-refractivity contribution < 1.29 is 19.4 Å². The first-order chi connectivity index (χ1) is 16.0. The molecular weight excluding hydrogens is 434 g/mol. The van der Waals surface area contributed by atoms with Crippen molar-refractivity contribution in [1.82, 2.24) is 4.90 Å². The molecule has 1 N–H and O–H groups in total. The number of ether oxygens (including phenoxy) is 1. The average Bonchev–Trinajstić information content (AvgIpc) is 3.44. The number of thiophene rings is 1. The highest BCUT2D eigenvalue weighted by molar-refractivity contribution is 7.14. The molecule has 0 radical (unpaired) electrons. The minimum Gasteiger partial charge on any atom is -0.465 e. The largest absolute Gasteiger partial charge is 0.465 e. The van der Waals surface area contributed by atoms with E-state index in [1.54, 1.807) is 12.1 Å². The summed E-state index contributed by atoms with van der Waals surface area (Å²) in [5.41, 5.74) is 0.965. The molecule has 0 unspecified atom stereocenters. The zero-order valence-electron chi connectivity index (χ0n) is 18.9. The van der Waals surface area contributed by atoms with Crippen molar-refractivity contribution >= 4 is 29.3 Å². The van der Waals surface area contributed by atoms with Crippen LogP contribution in [0.25, 0.3) is 6.08 Å². The Kier molecular flexibility index (Phi) is 9.05. The van der Waals surface area contributed by atoms with Gasteiger partial charge in [0, 0.05) is 29.8 Å².